The number of halogens is 1. The molecule has 0 aliphatic carbocycles. The Morgan fingerprint density at radius 2 is 2.14 bits per heavy atom. The molecule has 0 unspecified atom stereocenters. The molecule has 6 heteroatoms. The van der Waals surface area contributed by atoms with Crippen LogP contribution in [0.15, 0.2) is 36.4 Å². The summed E-state index contributed by atoms with van der Waals surface area (Å²) in [6.45, 7) is 4.36. The lowest BCUT2D eigenvalue weighted by molar-refractivity contribution is 0.251. The number of amides is 2. The molecule has 5 nitrogen and oxygen atoms in total. The molecule has 2 amide bonds. The Bertz CT molecular complexity index is 662. The molecule has 116 valence electrons. The van der Waals surface area contributed by atoms with E-state index in [0.717, 1.165) is 11.4 Å². The Morgan fingerprint density at radius 3 is 2.86 bits per heavy atom. The van der Waals surface area contributed by atoms with Crippen LogP contribution in [-0.4, -0.2) is 17.6 Å². The van der Waals surface area contributed by atoms with Gasteiger partial charge in [0.1, 0.15) is 11.6 Å². The van der Waals surface area contributed by atoms with Crippen molar-refractivity contribution in [1.29, 1.82) is 0 Å². The summed E-state index contributed by atoms with van der Waals surface area (Å²) in [4.78, 5) is 16.2. The molecule has 0 saturated heterocycles. The maximum atomic E-state index is 13.2. The molecular weight excluding hydrogens is 285 g/mol. The average Bonchev–Trinajstić information content (AvgIpc) is 2.48. The van der Waals surface area contributed by atoms with E-state index < -0.39 is 11.8 Å². The minimum atomic E-state index is -0.418. The minimum Gasteiger partial charge on any atom is -0.492 e. The first-order valence-electron chi connectivity index (χ1n) is 6.98. The lowest BCUT2D eigenvalue weighted by atomic mass is 10.3. The molecule has 0 spiro atoms. The second kappa shape index (κ2) is 7.40. The van der Waals surface area contributed by atoms with E-state index in [9.17, 15) is 9.18 Å². The summed E-state index contributed by atoms with van der Waals surface area (Å²) in [6.07, 6.45) is 0. The van der Waals surface area contributed by atoms with Crippen LogP contribution in [-0.2, 0) is 6.54 Å². The van der Waals surface area contributed by atoms with Gasteiger partial charge in [-0.3, -0.25) is 4.98 Å². The molecule has 2 rings (SSSR count). The maximum absolute atomic E-state index is 13.2. The van der Waals surface area contributed by atoms with Crippen molar-refractivity contribution in [3.63, 3.8) is 0 Å². The van der Waals surface area contributed by atoms with Gasteiger partial charge in [-0.05, 0) is 38.1 Å². The van der Waals surface area contributed by atoms with Gasteiger partial charge in [0.25, 0.3) is 0 Å². The van der Waals surface area contributed by atoms with Gasteiger partial charge in [0.2, 0.25) is 0 Å². The van der Waals surface area contributed by atoms with Gasteiger partial charge in [-0.15, -0.1) is 0 Å². The minimum absolute atomic E-state index is 0.298. The van der Waals surface area contributed by atoms with E-state index in [4.69, 9.17) is 4.74 Å². The van der Waals surface area contributed by atoms with E-state index in [-0.39, 0.29) is 0 Å². The molecule has 0 aliphatic rings. The van der Waals surface area contributed by atoms with Crippen LogP contribution >= 0.6 is 0 Å². The topological polar surface area (TPSA) is 63.2 Å². The number of nitrogens with one attached hydrogen (secondary N) is 2. The summed E-state index contributed by atoms with van der Waals surface area (Å²) in [6, 6.07) is 9.15. The van der Waals surface area contributed by atoms with Gasteiger partial charge in [0.05, 0.1) is 24.5 Å². The highest BCUT2D eigenvalue weighted by molar-refractivity contribution is 5.90. The molecule has 2 N–H and O–H groups in total. The van der Waals surface area contributed by atoms with Crippen LogP contribution in [0.25, 0.3) is 0 Å². The number of benzene rings is 1. The highest BCUT2D eigenvalue weighted by atomic mass is 19.1. The van der Waals surface area contributed by atoms with Crippen molar-refractivity contribution in [1.82, 2.24) is 10.3 Å². The number of rotatable bonds is 5. The van der Waals surface area contributed by atoms with Gasteiger partial charge in [-0.25, -0.2) is 9.18 Å². The van der Waals surface area contributed by atoms with Crippen LogP contribution in [0.4, 0.5) is 14.9 Å². The summed E-state index contributed by atoms with van der Waals surface area (Å²) < 4.78 is 18.5. The first-order chi connectivity index (χ1) is 10.6. The maximum Gasteiger partial charge on any atom is 0.319 e. The number of aromatic nitrogens is 1. The van der Waals surface area contributed by atoms with Gasteiger partial charge in [-0.1, -0.05) is 6.07 Å². The molecule has 0 fully saturated rings. The molecule has 1 heterocycles. The number of urea groups is 1. The first kappa shape index (κ1) is 15.8. The van der Waals surface area contributed by atoms with Crippen molar-refractivity contribution in [3.8, 4) is 5.75 Å². The number of carbonyl (C=O) groups excluding carboxylic acids is 1. The number of hydrogen-bond donors (Lipinski definition) is 2. The first-order valence-corrected chi connectivity index (χ1v) is 6.98. The largest absolute Gasteiger partial charge is 0.492 e. The van der Waals surface area contributed by atoms with Crippen molar-refractivity contribution in [2.75, 3.05) is 11.9 Å². The normalized spacial score (nSPS) is 10.1. The Kier molecular flexibility index (Phi) is 5.30. The van der Waals surface area contributed by atoms with E-state index in [1.165, 1.54) is 18.2 Å². The van der Waals surface area contributed by atoms with Crippen LogP contribution in [0.2, 0.25) is 0 Å². The highest BCUT2D eigenvalue weighted by Crippen LogP contribution is 2.25. The van der Waals surface area contributed by atoms with Gasteiger partial charge >= 0.3 is 6.03 Å². The molecule has 0 bridgehead atoms. The number of ether oxygens (including phenoxy) is 1. The van der Waals surface area contributed by atoms with E-state index in [0.29, 0.717) is 24.6 Å². The predicted molar refractivity (Wildman–Crippen MR) is 82.4 cm³/mol. The fourth-order valence-electron chi connectivity index (χ4n) is 1.91. The molecular formula is C16H18FN3O2. The Balaban J connectivity index is 1.97. The van der Waals surface area contributed by atoms with Gasteiger partial charge < -0.3 is 15.4 Å². The van der Waals surface area contributed by atoms with E-state index in [1.54, 1.807) is 6.92 Å². The van der Waals surface area contributed by atoms with Crippen LogP contribution in [0.3, 0.4) is 0 Å². The number of carbonyl (C=O) groups is 1. The van der Waals surface area contributed by atoms with Crippen LogP contribution in [0, 0.1) is 12.7 Å². The summed E-state index contributed by atoms with van der Waals surface area (Å²) in [7, 11) is 0. The number of anilines is 1. The van der Waals surface area contributed by atoms with E-state index in [2.05, 4.69) is 15.6 Å². The van der Waals surface area contributed by atoms with Crippen molar-refractivity contribution < 1.29 is 13.9 Å². The average molecular weight is 303 g/mol. The molecule has 2 aromatic rings. The zero-order valence-corrected chi connectivity index (χ0v) is 12.5. The van der Waals surface area contributed by atoms with Gasteiger partial charge in [0.15, 0.2) is 0 Å². The van der Waals surface area contributed by atoms with Crippen LogP contribution in [0.5, 0.6) is 5.75 Å². The number of aryl methyl sites for hydroxylation is 1. The van der Waals surface area contributed by atoms with Crippen molar-refractivity contribution in [2.24, 2.45) is 0 Å². The molecule has 1 aromatic heterocycles. The third kappa shape index (κ3) is 4.44. The van der Waals surface area contributed by atoms with Gasteiger partial charge in [-0.2, -0.15) is 0 Å². The third-order valence-corrected chi connectivity index (χ3v) is 2.87. The zero-order valence-electron chi connectivity index (χ0n) is 12.5. The fourth-order valence-corrected chi connectivity index (χ4v) is 1.91. The third-order valence-electron chi connectivity index (χ3n) is 2.87. The monoisotopic (exact) mass is 303 g/mol. The summed E-state index contributed by atoms with van der Waals surface area (Å²) in [5, 5.41) is 5.33. The molecule has 0 radical (unpaired) electrons. The number of nitrogens with zero attached hydrogens (tertiary/aromatic N) is 1. The van der Waals surface area contributed by atoms with E-state index in [1.807, 2.05) is 25.1 Å². The zero-order chi connectivity index (χ0) is 15.9. The Labute approximate surface area is 128 Å². The summed E-state index contributed by atoms with van der Waals surface area (Å²) >= 11 is 0. The predicted octanol–water partition coefficient (Wildman–Crippen LogP) is 3.25. The second-order valence-corrected chi connectivity index (χ2v) is 4.65. The SMILES string of the molecule is CCOc1cc(F)ccc1NC(=O)NCc1cccc(C)n1. The molecule has 1 aromatic carbocycles. The lowest BCUT2D eigenvalue weighted by Gasteiger charge is -2.12. The summed E-state index contributed by atoms with van der Waals surface area (Å²) in [5.41, 5.74) is 2.06. The lowest BCUT2D eigenvalue weighted by Crippen LogP contribution is -2.28. The van der Waals surface area contributed by atoms with Crippen LogP contribution < -0.4 is 15.4 Å². The standard InChI is InChI=1S/C16H18FN3O2/c1-3-22-15-9-12(17)7-8-14(15)20-16(21)18-10-13-6-4-5-11(2)19-13/h4-9H,3,10H2,1-2H3,(H2,18,20,21). The fraction of sp³-hybridized carbons (Fsp3) is 0.250. The molecule has 0 aliphatic heterocycles. The Morgan fingerprint density at radius 1 is 1.32 bits per heavy atom. The van der Waals surface area contributed by atoms with Crippen molar-refractivity contribution in [3.05, 3.63) is 53.6 Å². The number of pyridine rings is 1. The molecule has 0 atom stereocenters. The second-order valence-electron chi connectivity index (χ2n) is 4.65. The summed E-state index contributed by atoms with van der Waals surface area (Å²) in [5.74, 6) is -0.121. The Hall–Kier alpha value is -2.63. The van der Waals surface area contributed by atoms with Crippen molar-refractivity contribution in [2.45, 2.75) is 20.4 Å². The quantitative estimate of drug-likeness (QED) is 0.891. The van der Waals surface area contributed by atoms with Crippen molar-refractivity contribution >= 4 is 11.7 Å². The number of hydrogen-bond acceptors (Lipinski definition) is 3. The van der Waals surface area contributed by atoms with Gasteiger partial charge in [0, 0.05) is 11.8 Å². The molecule has 0 saturated carbocycles. The highest BCUT2D eigenvalue weighted by Gasteiger charge is 2.09. The van der Waals surface area contributed by atoms with E-state index >= 15 is 0 Å². The molecule has 22 heavy (non-hydrogen) atoms. The van der Waals surface area contributed by atoms with Crippen LogP contribution in [0.1, 0.15) is 18.3 Å². The smallest absolute Gasteiger partial charge is 0.319 e.